The molecule has 82 valence electrons. The standard InChI is InChI=1S/C12H16O3.Na/c1-3-8(4-2)11-7-9(13)5-6-10(11)12(14)15;/h5-8,13H,3-4H2,1-2H3,(H,14,15);/q;+1/p-1. The van der Waals surface area contributed by atoms with Gasteiger partial charge in [-0.05, 0) is 42.5 Å². The molecule has 0 aliphatic heterocycles. The van der Waals surface area contributed by atoms with Gasteiger partial charge in [0.15, 0.2) is 0 Å². The van der Waals surface area contributed by atoms with E-state index < -0.39 is 5.97 Å². The van der Waals surface area contributed by atoms with Crippen molar-refractivity contribution in [3.8, 4) is 5.75 Å². The van der Waals surface area contributed by atoms with Crippen LogP contribution in [0.5, 0.6) is 5.75 Å². The molecular weight excluding hydrogens is 215 g/mol. The first kappa shape index (κ1) is 15.5. The number of phenols is 1. The zero-order chi connectivity index (χ0) is 11.4. The predicted molar refractivity (Wildman–Crippen MR) is 55.8 cm³/mol. The Kier molecular flexibility index (Phi) is 6.72. The molecule has 0 unspecified atom stereocenters. The summed E-state index contributed by atoms with van der Waals surface area (Å²) in [5.41, 5.74) is 0.849. The predicted octanol–water partition coefficient (Wildman–Crippen LogP) is -1.34. The molecule has 3 nitrogen and oxygen atoms in total. The molecule has 0 heterocycles. The molecule has 1 aromatic carbocycles. The van der Waals surface area contributed by atoms with Crippen molar-refractivity contribution in [2.45, 2.75) is 32.6 Å². The number of aromatic hydroxyl groups is 1. The summed E-state index contributed by atoms with van der Waals surface area (Å²) in [5, 5.41) is 20.2. The smallest absolute Gasteiger partial charge is 0.545 e. The van der Waals surface area contributed by atoms with E-state index in [-0.39, 0.29) is 46.8 Å². The van der Waals surface area contributed by atoms with Gasteiger partial charge in [0, 0.05) is 5.56 Å². The molecule has 1 N–H and O–H groups in total. The van der Waals surface area contributed by atoms with Crippen molar-refractivity contribution in [3.05, 3.63) is 29.3 Å². The second-order valence-electron chi connectivity index (χ2n) is 3.57. The number of rotatable bonds is 4. The molecule has 4 heteroatoms. The SMILES string of the molecule is CCC(CC)c1cc(O)ccc1C(=O)[O-].[Na+]. The minimum Gasteiger partial charge on any atom is -0.545 e. The fourth-order valence-electron chi connectivity index (χ4n) is 1.80. The van der Waals surface area contributed by atoms with Gasteiger partial charge in [0.05, 0.1) is 5.97 Å². The summed E-state index contributed by atoms with van der Waals surface area (Å²) < 4.78 is 0. The summed E-state index contributed by atoms with van der Waals surface area (Å²) in [6, 6.07) is 4.29. The average Bonchev–Trinajstić information content (AvgIpc) is 2.19. The summed E-state index contributed by atoms with van der Waals surface area (Å²) in [6.45, 7) is 3.99. The number of phenolic OH excluding ortho intramolecular Hbond substituents is 1. The summed E-state index contributed by atoms with van der Waals surface area (Å²) >= 11 is 0. The van der Waals surface area contributed by atoms with Gasteiger partial charge in [-0.15, -0.1) is 0 Å². The summed E-state index contributed by atoms with van der Waals surface area (Å²) in [7, 11) is 0. The number of hydrogen-bond donors (Lipinski definition) is 1. The van der Waals surface area contributed by atoms with Crippen LogP contribution in [0.1, 0.15) is 48.5 Å². The van der Waals surface area contributed by atoms with E-state index in [0.29, 0.717) is 5.56 Å². The molecule has 0 aliphatic rings. The Balaban J connectivity index is 0.00000225. The van der Waals surface area contributed by atoms with E-state index in [1.54, 1.807) is 0 Å². The van der Waals surface area contributed by atoms with Crippen LogP contribution in [-0.4, -0.2) is 11.1 Å². The van der Waals surface area contributed by atoms with Gasteiger partial charge in [-0.3, -0.25) is 0 Å². The maximum atomic E-state index is 10.9. The number of carboxylic acids is 1. The Hall–Kier alpha value is -0.510. The molecule has 0 saturated heterocycles. The maximum absolute atomic E-state index is 10.9. The largest absolute Gasteiger partial charge is 1.00 e. The second kappa shape index (κ2) is 6.94. The van der Waals surface area contributed by atoms with Crippen LogP contribution in [0, 0.1) is 0 Å². The van der Waals surface area contributed by atoms with E-state index in [0.717, 1.165) is 12.8 Å². The molecule has 0 saturated carbocycles. The molecular formula is C12H15NaO3. The Morgan fingerprint density at radius 1 is 1.38 bits per heavy atom. The normalized spacial score (nSPS) is 9.94. The third kappa shape index (κ3) is 3.51. The summed E-state index contributed by atoms with van der Waals surface area (Å²) in [6.07, 6.45) is 1.69. The van der Waals surface area contributed by atoms with Crippen LogP contribution in [0.4, 0.5) is 0 Å². The van der Waals surface area contributed by atoms with E-state index in [9.17, 15) is 15.0 Å². The third-order valence-electron chi connectivity index (χ3n) is 2.68. The molecule has 0 aliphatic carbocycles. The van der Waals surface area contributed by atoms with Crippen molar-refractivity contribution in [1.82, 2.24) is 0 Å². The van der Waals surface area contributed by atoms with Crippen molar-refractivity contribution in [1.29, 1.82) is 0 Å². The molecule has 0 bridgehead atoms. The minimum atomic E-state index is -1.18. The summed E-state index contributed by atoms with van der Waals surface area (Å²) in [5.74, 6) is -0.927. The van der Waals surface area contributed by atoms with E-state index in [4.69, 9.17) is 0 Å². The first-order chi connectivity index (χ1) is 7.10. The van der Waals surface area contributed by atoms with Gasteiger partial charge in [-0.2, -0.15) is 0 Å². The first-order valence-electron chi connectivity index (χ1n) is 5.14. The molecule has 1 aromatic rings. The Bertz CT molecular complexity index is 359. The third-order valence-corrected chi connectivity index (χ3v) is 2.68. The first-order valence-corrected chi connectivity index (χ1v) is 5.14. The number of aromatic carboxylic acids is 1. The Morgan fingerprint density at radius 3 is 2.38 bits per heavy atom. The number of hydrogen-bond acceptors (Lipinski definition) is 3. The second-order valence-corrected chi connectivity index (χ2v) is 3.57. The fraction of sp³-hybridized carbons (Fsp3) is 0.417. The number of carbonyl (C=O) groups is 1. The van der Waals surface area contributed by atoms with Gasteiger partial charge in [0.2, 0.25) is 0 Å². The van der Waals surface area contributed by atoms with Gasteiger partial charge in [0.1, 0.15) is 5.75 Å². The molecule has 0 radical (unpaired) electrons. The number of carbonyl (C=O) groups excluding carboxylic acids is 1. The molecule has 0 atom stereocenters. The Labute approximate surface area is 118 Å². The van der Waals surface area contributed by atoms with Crippen molar-refractivity contribution < 1.29 is 44.6 Å². The van der Waals surface area contributed by atoms with Crippen molar-refractivity contribution >= 4 is 5.97 Å². The van der Waals surface area contributed by atoms with Gasteiger partial charge < -0.3 is 15.0 Å². The molecule has 16 heavy (non-hydrogen) atoms. The molecule has 0 spiro atoms. The van der Waals surface area contributed by atoms with E-state index in [1.807, 2.05) is 13.8 Å². The van der Waals surface area contributed by atoms with Crippen LogP contribution in [0.25, 0.3) is 0 Å². The average molecular weight is 230 g/mol. The van der Waals surface area contributed by atoms with Gasteiger partial charge >= 0.3 is 29.6 Å². The fourth-order valence-corrected chi connectivity index (χ4v) is 1.80. The molecule has 0 amide bonds. The zero-order valence-corrected chi connectivity index (χ0v) is 12.0. The van der Waals surface area contributed by atoms with Gasteiger partial charge in [-0.1, -0.05) is 13.8 Å². The van der Waals surface area contributed by atoms with Crippen LogP contribution in [0.15, 0.2) is 18.2 Å². The number of carboxylic acid groups (broad SMARTS) is 1. The molecule has 0 fully saturated rings. The van der Waals surface area contributed by atoms with Gasteiger partial charge in [-0.25, -0.2) is 0 Å². The van der Waals surface area contributed by atoms with Crippen LogP contribution in [0.3, 0.4) is 0 Å². The maximum Gasteiger partial charge on any atom is 1.00 e. The molecule has 0 aromatic heterocycles. The van der Waals surface area contributed by atoms with Crippen LogP contribution >= 0.6 is 0 Å². The van der Waals surface area contributed by atoms with Crippen LogP contribution in [-0.2, 0) is 0 Å². The van der Waals surface area contributed by atoms with E-state index in [1.165, 1.54) is 18.2 Å². The molecule has 1 rings (SSSR count). The van der Waals surface area contributed by atoms with Gasteiger partial charge in [0.25, 0.3) is 0 Å². The van der Waals surface area contributed by atoms with Crippen molar-refractivity contribution in [2.24, 2.45) is 0 Å². The zero-order valence-electron chi connectivity index (χ0n) is 9.99. The van der Waals surface area contributed by atoms with E-state index >= 15 is 0 Å². The van der Waals surface area contributed by atoms with Crippen molar-refractivity contribution in [2.75, 3.05) is 0 Å². The van der Waals surface area contributed by atoms with Crippen LogP contribution in [0.2, 0.25) is 0 Å². The van der Waals surface area contributed by atoms with E-state index in [2.05, 4.69) is 0 Å². The summed E-state index contributed by atoms with van der Waals surface area (Å²) in [4.78, 5) is 10.9. The Morgan fingerprint density at radius 2 is 1.94 bits per heavy atom. The van der Waals surface area contributed by atoms with Crippen LogP contribution < -0.4 is 34.7 Å². The number of benzene rings is 1. The van der Waals surface area contributed by atoms with Crippen molar-refractivity contribution in [3.63, 3.8) is 0 Å². The topological polar surface area (TPSA) is 60.4 Å². The monoisotopic (exact) mass is 230 g/mol. The quantitative estimate of drug-likeness (QED) is 0.651. The minimum absolute atomic E-state index is 0.